The number of hydrogen-bond donors (Lipinski definition) is 2. The highest BCUT2D eigenvalue weighted by Crippen LogP contribution is 2.24. The van der Waals surface area contributed by atoms with E-state index in [0.29, 0.717) is 19.1 Å². The van der Waals surface area contributed by atoms with Crippen LogP contribution in [0.2, 0.25) is 0 Å². The molecule has 3 rings (SSSR count). The average Bonchev–Trinajstić information content (AvgIpc) is 3.20. The largest absolute Gasteiger partial charge is 0.467 e. The van der Waals surface area contributed by atoms with E-state index in [0.717, 1.165) is 25.3 Å². The Labute approximate surface area is 134 Å². The lowest BCUT2D eigenvalue weighted by atomic mass is 10.1. The lowest BCUT2D eigenvalue weighted by Crippen LogP contribution is -2.46. The molecule has 2 amide bonds. The summed E-state index contributed by atoms with van der Waals surface area (Å²) in [6.45, 7) is 5.25. The molecule has 1 atom stereocenters. The van der Waals surface area contributed by atoms with E-state index in [9.17, 15) is 4.79 Å². The van der Waals surface area contributed by atoms with Gasteiger partial charge in [0.05, 0.1) is 12.8 Å². The van der Waals surface area contributed by atoms with Crippen LogP contribution in [0, 0.1) is 0 Å². The Morgan fingerprint density at radius 1 is 1.45 bits per heavy atom. The van der Waals surface area contributed by atoms with Crippen molar-refractivity contribution >= 4 is 17.4 Å². The zero-order chi connectivity index (χ0) is 15.4. The van der Waals surface area contributed by atoms with Crippen molar-refractivity contribution in [2.24, 2.45) is 0 Å². The standard InChI is InChI=1S/C16H21N3O2S/c1-12(19-6-4-15-13(11-19)5-8-22-15)9-17-16(20)18-10-14-3-2-7-21-14/h2-3,5,7-8,12H,4,6,9-11H2,1H3,(H2,17,18,20)/t12-/m1/s1. The van der Waals surface area contributed by atoms with Crippen LogP contribution < -0.4 is 10.6 Å². The highest BCUT2D eigenvalue weighted by atomic mass is 32.1. The molecular formula is C16H21N3O2S. The van der Waals surface area contributed by atoms with E-state index in [2.05, 4.69) is 33.9 Å². The zero-order valence-electron chi connectivity index (χ0n) is 12.7. The Morgan fingerprint density at radius 2 is 2.36 bits per heavy atom. The molecule has 0 saturated carbocycles. The van der Waals surface area contributed by atoms with E-state index in [-0.39, 0.29) is 6.03 Å². The van der Waals surface area contributed by atoms with Crippen LogP contribution >= 0.6 is 11.3 Å². The summed E-state index contributed by atoms with van der Waals surface area (Å²) in [6, 6.07) is 6.03. The van der Waals surface area contributed by atoms with Crippen LogP contribution in [0.4, 0.5) is 4.79 Å². The van der Waals surface area contributed by atoms with Crippen molar-refractivity contribution in [3.63, 3.8) is 0 Å². The second-order valence-electron chi connectivity index (χ2n) is 5.58. The minimum atomic E-state index is -0.156. The molecule has 1 aliphatic rings. The number of nitrogens with zero attached hydrogens (tertiary/aromatic N) is 1. The molecule has 2 aromatic heterocycles. The van der Waals surface area contributed by atoms with Gasteiger partial charge in [0.2, 0.25) is 0 Å². The van der Waals surface area contributed by atoms with Gasteiger partial charge in [-0.15, -0.1) is 11.3 Å². The summed E-state index contributed by atoms with van der Waals surface area (Å²) in [5, 5.41) is 7.89. The van der Waals surface area contributed by atoms with Gasteiger partial charge in [0, 0.05) is 30.6 Å². The molecular weight excluding hydrogens is 298 g/mol. The number of rotatable bonds is 5. The third kappa shape index (κ3) is 3.69. The molecule has 0 bridgehead atoms. The van der Waals surface area contributed by atoms with Crippen molar-refractivity contribution in [1.82, 2.24) is 15.5 Å². The van der Waals surface area contributed by atoms with E-state index < -0.39 is 0 Å². The van der Waals surface area contributed by atoms with Crippen molar-refractivity contribution < 1.29 is 9.21 Å². The van der Waals surface area contributed by atoms with Crippen molar-refractivity contribution in [2.75, 3.05) is 13.1 Å². The fourth-order valence-corrected chi connectivity index (χ4v) is 3.55. The Balaban J connectivity index is 1.40. The van der Waals surface area contributed by atoms with Crippen molar-refractivity contribution in [3.05, 3.63) is 46.0 Å². The maximum atomic E-state index is 11.8. The van der Waals surface area contributed by atoms with Crippen LogP contribution in [0.5, 0.6) is 0 Å². The number of urea groups is 1. The number of carbonyl (C=O) groups is 1. The highest BCUT2D eigenvalue weighted by molar-refractivity contribution is 7.10. The molecule has 0 fully saturated rings. The van der Waals surface area contributed by atoms with Gasteiger partial charge < -0.3 is 15.1 Å². The molecule has 6 heteroatoms. The minimum Gasteiger partial charge on any atom is -0.467 e. The maximum absolute atomic E-state index is 11.8. The van der Waals surface area contributed by atoms with E-state index in [4.69, 9.17) is 4.42 Å². The Morgan fingerprint density at radius 3 is 3.18 bits per heavy atom. The Kier molecular flexibility index (Phi) is 4.80. The third-order valence-corrected chi connectivity index (χ3v) is 5.04. The maximum Gasteiger partial charge on any atom is 0.315 e. The van der Waals surface area contributed by atoms with Crippen LogP contribution in [0.1, 0.15) is 23.1 Å². The lowest BCUT2D eigenvalue weighted by Gasteiger charge is -2.32. The molecule has 22 heavy (non-hydrogen) atoms. The van der Waals surface area contributed by atoms with Gasteiger partial charge in [-0.3, -0.25) is 4.90 Å². The first kappa shape index (κ1) is 15.1. The third-order valence-electron chi connectivity index (χ3n) is 4.02. The van der Waals surface area contributed by atoms with E-state index in [1.165, 1.54) is 10.4 Å². The smallest absolute Gasteiger partial charge is 0.315 e. The number of amides is 2. The first-order chi connectivity index (χ1) is 10.7. The monoisotopic (exact) mass is 319 g/mol. The second kappa shape index (κ2) is 6.98. The molecule has 3 heterocycles. The molecule has 118 valence electrons. The molecule has 2 N–H and O–H groups in total. The summed E-state index contributed by atoms with van der Waals surface area (Å²) >= 11 is 1.85. The van der Waals surface area contributed by atoms with Gasteiger partial charge in [-0.05, 0) is 42.5 Å². The van der Waals surface area contributed by atoms with E-state index in [1.54, 1.807) is 6.26 Å². The van der Waals surface area contributed by atoms with Gasteiger partial charge in [-0.2, -0.15) is 0 Å². The van der Waals surface area contributed by atoms with Gasteiger partial charge >= 0.3 is 6.03 Å². The predicted molar refractivity (Wildman–Crippen MR) is 86.8 cm³/mol. The first-order valence-corrected chi connectivity index (χ1v) is 8.43. The molecule has 1 aliphatic heterocycles. The molecule has 0 radical (unpaired) electrons. The van der Waals surface area contributed by atoms with Crippen LogP contribution in [-0.2, 0) is 19.5 Å². The summed E-state index contributed by atoms with van der Waals surface area (Å²) in [5.41, 5.74) is 1.44. The van der Waals surface area contributed by atoms with E-state index in [1.807, 2.05) is 23.5 Å². The van der Waals surface area contributed by atoms with Gasteiger partial charge in [0.25, 0.3) is 0 Å². The molecule has 5 nitrogen and oxygen atoms in total. The molecule has 0 saturated heterocycles. The number of furan rings is 1. The zero-order valence-corrected chi connectivity index (χ0v) is 13.5. The number of thiophene rings is 1. The SMILES string of the molecule is C[C@H](CNC(=O)NCc1ccco1)N1CCc2sccc2C1. The summed E-state index contributed by atoms with van der Waals surface area (Å²) in [6.07, 6.45) is 2.72. The first-order valence-electron chi connectivity index (χ1n) is 7.56. The quantitative estimate of drug-likeness (QED) is 0.890. The van der Waals surface area contributed by atoms with Crippen molar-refractivity contribution in [3.8, 4) is 0 Å². The van der Waals surface area contributed by atoms with Crippen molar-refractivity contribution in [2.45, 2.75) is 32.5 Å². The summed E-state index contributed by atoms with van der Waals surface area (Å²) < 4.78 is 5.18. The average molecular weight is 319 g/mol. The Bertz CT molecular complexity index is 609. The lowest BCUT2D eigenvalue weighted by molar-refractivity contribution is 0.186. The second-order valence-corrected chi connectivity index (χ2v) is 6.58. The molecule has 2 aromatic rings. The van der Waals surface area contributed by atoms with Gasteiger partial charge in [-0.25, -0.2) is 4.79 Å². The van der Waals surface area contributed by atoms with Gasteiger partial charge in [0.15, 0.2) is 0 Å². The van der Waals surface area contributed by atoms with Crippen LogP contribution in [-0.4, -0.2) is 30.1 Å². The van der Waals surface area contributed by atoms with Gasteiger partial charge in [-0.1, -0.05) is 0 Å². The normalized spacial score (nSPS) is 16.0. The summed E-state index contributed by atoms with van der Waals surface area (Å²) in [4.78, 5) is 15.7. The fourth-order valence-electron chi connectivity index (χ4n) is 2.66. The number of hydrogen-bond acceptors (Lipinski definition) is 4. The number of nitrogens with one attached hydrogen (secondary N) is 2. The van der Waals surface area contributed by atoms with Crippen LogP contribution in [0.3, 0.4) is 0 Å². The minimum absolute atomic E-state index is 0.156. The van der Waals surface area contributed by atoms with Crippen LogP contribution in [0.15, 0.2) is 34.3 Å². The number of carbonyl (C=O) groups excluding carboxylic acids is 1. The highest BCUT2D eigenvalue weighted by Gasteiger charge is 2.21. The van der Waals surface area contributed by atoms with Crippen molar-refractivity contribution in [1.29, 1.82) is 0 Å². The fraction of sp³-hybridized carbons (Fsp3) is 0.438. The molecule has 0 unspecified atom stereocenters. The summed E-state index contributed by atoms with van der Waals surface area (Å²) in [7, 11) is 0. The molecule has 0 aromatic carbocycles. The number of fused-ring (bicyclic) bond motifs is 1. The topological polar surface area (TPSA) is 57.5 Å². The molecule has 0 spiro atoms. The van der Waals surface area contributed by atoms with Gasteiger partial charge in [0.1, 0.15) is 5.76 Å². The predicted octanol–water partition coefficient (Wildman–Crippen LogP) is 2.59. The Hall–Kier alpha value is -1.79. The molecule has 0 aliphatic carbocycles. The van der Waals surface area contributed by atoms with E-state index >= 15 is 0 Å². The van der Waals surface area contributed by atoms with Crippen LogP contribution in [0.25, 0.3) is 0 Å². The summed E-state index contributed by atoms with van der Waals surface area (Å²) in [5.74, 6) is 0.754.